The Kier molecular flexibility index (Phi) is 3.19. The number of hydrogen-bond donors (Lipinski definition) is 2. The van der Waals surface area contributed by atoms with Crippen molar-refractivity contribution in [3.8, 4) is 0 Å². The largest absolute Gasteiger partial charge is 0.322 e. The van der Waals surface area contributed by atoms with Gasteiger partial charge in [-0.2, -0.15) is 5.10 Å². The van der Waals surface area contributed by atoms with E-state index in [0.717, 1.165) is 0 Å². The molecule has 7 heteroatoms. The maximum absolute atomic E-state index is 10.4. The van der Waals surface area contributed by atoms with Crippen molar-refractivity contribution in [1.82, 2.24) is 0 Å². The highest BCUT2D eigenvalue weighted by Gasteiger charge is 2.08. The lowest BCUT2D eigenvalue weighted by Crippen LogP contribution is -2.36. The highest BCUT2D eigenvalue weighted by Crippen LogP contribution is 2.17. The molecule has 0 saturated heterocycles. The number of nitrogens with zero attached hydrogens (tertiary/aromatic N) is 3. The van der Waals surface area contributed by atoms with Gasteiger partial charge in [0.15, 0.2) is 0 Å². The second-order valence-electron chi connectivity index (χ2n) is 2.82. The van der Waals surface area contributed by atoms with Gasteiger partial charge in [0.1, 0.15) is 5.84 Å². The number of benzene rings is 1. The Bertz CT molecular complexity index is 387. The van der Waals surface area contributed by atoms with E-state index < -0.39 is 4.92 Å². The van der Waals surface area contributed by atoms with Crippen LogP contribution in [0.2, 0.25) is 0 Å². The highest BCUT2D eigenvalue weighted by molar-refractivity contribution is 5.94. The van der Waals surface area contributed by atoms with Crippen LogP contribution in [0.25, 0.3) is 0 Å². The molecule has 80 valence electrons. The Morgan fingerprint density at radius 1 is 1.47 bits per heavy atom. The number of nitro benzene ring substituents is 1. The zero-order valence-electron chi connectivity index (χ0n) is 8.12. The van der Waals surface area contributed by atoms with Crippen molar-refractivity contribution >= 4 is 17.2 Å². The van der Waals surface area contributed by atoms with Crippen molar-refractivity contribution in [2.75, 3.05) is 5.01 Å². The van der Waals surface area contributed by atoms with Crippen LogP contribution in [0.1, 0.15) is 6.92 Å². The molecule has 7 nitrogen and oxygen atoms in total. The van der Waals surface area contributed by atoms with E-state index in [1.54, 1.807) is 6.92 Å². The zero-order chi connectivity index (χ0) is 11.4. The van der Waals surface area contributed by atoms with Crippen molar-refractivity contribution in [3.63, 3.8) is 0 Å². The third-order valence-corrected chi connectivity index (χ3v) is 1.87. The first-order valence-corrected chi connectivity index (χ1v) is 4.10. The molecule has 0 aliphatic rings. The molecule has 0 saturated carbocycles. The number of nitro groups is 1. The minimum Gasteiger partial charge on any atom is -0.322 e. The Hall–Kier alpha value is -2.15. The molecule has 0 aliphatic heterocycles. The summed E-state index contributed by atoms with van der Waals surface area (Å²) < 4.78 is 0. The van der Waals surface area contributed by atoms with E-state index in [9.17, 15) is 10.1 Å². The van der Waals surface area contributed by atoms with E-state index in [2.05, 4.69) is 5.10 Å². The lowest BCUT2D eigenvalue weighted by Gasteiger charge is -2.16. The molecule has 0 bridgehead atoms. The summed E-state index contributed by atoms with van der Waals surface area (Å²) in [7, 11) is 0. The summed E-state index contributed by atoms with van der Waals surface area (Å²) in [6.45, 7) is 1.63. The van der Waals surface area contributed by atoms with Gasteiger partial charge in [-0.05, 0) is 19.1 Å². The maximum Gasteiger partial charge on any atom is 0.269 e. The van der Waals surface area contributed by atoms with Crippen molar-refractivity contribution in [2.45, 2.75) is 6.92 Å². The SMILES string of the molecule is C/C(=N/N)N(N)c1ccc([N+](=O)[O-])cc1. The van der Waals surface area contributed by atoms with E-state index in [1.165, 1.54) is 29.3 Å². The van der Waals surface area contributed by atoms with Crippen LogP contribution >= 0.6 is 0 Å². The Morgan fingerprint density at radius 2 is 2.00 bits per heavy atom. The van der Waals surface area contributed by atoms with Crippen molar-refractivity contribution in [2.24, 2.45) is 16.8 Å². The molecule has 0 radical (unpaired) electrons. The molecule has 0 aliphatic carbocycles. The van der Waals surface area contributed by atoms with Crippen LogP contribution in [0.5, 0.6) is 0 Å². The van der Waals surface area contributed by atoms with E-state index in [4.69, 9.17) is 11.7 Å². The first-order valence-electron chi connectivity index (χ1n) is 4.10. The lowest BCUT2D eigenvalue weighted by molar-refractivity contribution is -0.384. The predicted octanol–water partition coefficient (Wildman–Crippen LogP) is 0.567. The zero-order valence-corrected chi connectivity index (χ0v) is 8.12. The number of non-ortho nitro benzene ring substituents is 1. The lowest BCUT2D eigenvalue weighted by atomic mass is 10.3. The van der Waals surface area contributed by atoms with E-state index >= 15 is 0 Å². The molecule has 1 aromatic rings. The Labute approximate surface area is 86.1 Å². The van der Waals surface area contributed by atoms with Gasteiger partial charge in [0.05, 0.1) is 10.6 Å². The number of hydrogen-bond acceptors (Lipinski definition) is 5. The first kappa shape index (κ1) is 10.9. The van der Waals surface area contributed by atoms with E-state index in [-0.39, 0.29) is 5.69 Å². The topological polar surface area (TPSA) is 111 Å². The van der Waals surface area contributed by atoms with Crippen LogP contribution in [-0.2, 0) is 0 Å². The molecule has 1 aromatic carbocycles. The standard InChI is InChI=1S/C8H11N5O2/c1-6(11-9)12(10)7-2-4-8(5-3-7)13(14)15/h2-5H,9-10H2,1H3/b11-6-. The molecule has 0 amide bonds. The third-order valence-electron chi connectivity index (χ3n) is 1.87. The molecule has 0 unspecified atom stereocenters. The molecule has 1 rings (SSSR count). The minimum atomic E-state index is -0.478. The van der Waals surface area contributed by atoms with Crippen molar-refractivity contribution < 1.29 is 4.92 Å². The molecule has 0 atom stereocenters. The first-order chi connectivity index (χ1) is 7.06. The van der Waals surface area contributed by atoms with Crippen LogP contribution in [0.4, 0.5) is 11.4 Å². The quantitative estimate of drug-likeness (QED) is 0.243. The molecule has 0 fully saturated rings. The van der Waals surface area contributed by atoms with Crippen molar-refractivity contribution in [3.05, 3.63) is 34.4 Å². The number of anilines is 1. The van der Waals surface area contributed by atoms with Crippen LogP contribution < -0.4 is 16.7 Å². The smallest absolute Gasteiger partial charge is 0.269 e. The van der Waals surface area contributed by atoms with Gasteiger partial charge >= 0.3 is 0 Å². The molecular formula is C8H11N5O2. The number of rotatable bonds is 2. The van der Waals surface area contributed by atoms with Gasteiger partial charge < -0.3 is 5.84 Å². The summed E-state index contributed by atoms with van der Waals surface area (Å²) >= 11 is 0. The number of nitrogens with two attached hydrogens (primary N) is 2. The van der Waals surface area contributed by atoms with Gasteiger partial charge in [0.2, 0.25) is 0 Å². The molecule has 15 heavy (non-hydrogen) atoms. The van der Waals surface area contributed by atoms with Gasteiger partial charge in [-0.15, -0.1) is 0 Å². The van der Waals surface area contributed by atoms with E-state index in [0.29, 0.717) is 11.5 Å². The summed E-state index contributed by atoms with van der Waals surface area (Å²) in [5.41, 5.74) is 0.585. The van der Waals surface area contributed by atoms with Gasteiger partial charge in [-0.25, -0.2) is 5.84 Å². The fraction of sp³-hybridized carbons (Fsp3) is 0.125. The minimum absolute atomic E-state index is 0.00879. The third kappa shape index (κ3) is 2.41. The van der Waals surface area contributed by atoms with Gasteiger partial charge in [-0.1, -0.05) is 0 Å². The summed E-state index contributed by atoms with van der Waals surface area (Å²) in [6, 6.07) is 5.76. The van der Waals surface area contributed by atoms with Gasteiger partial charge in [-0.3, -0.25) is 15.1 Å². The number of amidine groups is 1. The van der Waals surface area contributed by atoms with E-state index in [1.807, 2.05) is 0 Å². The normalized spacial score (nSPS) is 11.2. The molecule has 4 N–H and O–H groups in total. The van der Waals surface area contributed by atoms with Crippen LogP contribution in [0, 0.1) is 10.1 Å². The van der Waals surface area contributed by atoms with Crippen LogP contribution in [0.3, 0.4) is 0 Å². The summed E-state index contributed by atoms with van der Waals surface area (Å²) in [4.78, 5) is 9.91. The fourth-order valence-corrected chi connectivity index (χ4v) is 0.984. The highest BCUT2D eigenvalue weighted by atomic mass is 16.6. The summed E-state index contributed by atoms with van der Waals surface area (Å²) in [5.74, 6) is 11.1. The van der Waals surface area contributed by atoms with Gasteiger partial charge in [0, 0.05) is 12.1 Å². The van der Waals surface area contributed by atoms with Crippen LogP contribution in [0.15, 0.2) is 29.4 Å². The summed E-state index contributed by atoms with van der Waals surface area (Å²) in [5, 5.41) is 15.0. The van der Waals surface area contributed by atoms with Crippen molar-refractivity contribution in [1.29, 1.82) is 0 Å². The van der Waals surface area contributed by atoms with Gasteiger partial charge in [0.25, 0.3) is 5.69 Å². The second kappa shape index (κ2) is 4.38. The number of hydrazone groups is 1. The van der Waals surface area contributed by atoms with Crippen LogP contribution in [-0.4, -0.2) is 10.8 Å². The fourth-order valence-electron chi connectivity index (χ4n) is 0.984. The second-order valence-corrected chi connectivity index (χ2v) is 2.82. The monoisotopic (exact) mass is 209 g/mol. The Balaban J connectivity index is 2.94. The molecular weight excluding hydrogens is 198 g/mol. The maximum atomic E-state index is 10.4. The molecule has 0 aromatic heterocycles. The summed E-state index contributed by atoms with van der Waals surface area (Å²) in [6.07, 6.45) is 0. The molecule has 0 spiro atoms. The molecule has 0 heterocycles. The number of hydrazine groups is 1. The average molecular weight is 209 g/mol. The Morgan fingerprint density at radius 3 is 2.40 bits per heavy atom. The predicted molar refractivity (Wildman–Crippen MR) is 57.1 cm³/mol. The average Bonchev–Trinajstić information content (AvgIpc) is 2.27.